The predicted octanol–water partition coefficient (Wildman–Crippen LogP) is 3.76. The van der Waals surface area contributed by atoms with Crippen molar-refractivity contribution in [3.05, 3.63) is 69.4 Å². The van der Waals surface area contributed by atoms with Crippen LogP contribution in [0.3, 0.4) is 0 Å². The molecule has 41 heavy (non-hydrogen) atoms. The molecule has 3 aromatic rings. The topological polar surface area (TPSA) is 125 Å². The van der Waals surface area contributed by atoms with Gasteiger partial charge in [0.1, 0.15) is 16.9 Å². The fraction of sp³-hybridized carbons (Fsp3) is 0.484. The third-order valence-corrected chi connectivity index (χ3v) is 7.48. The van der Waals surface area contributed by atoms with Crippen molar-refractivity contribution in [3.63, 3.8) is 0 Å². The number of aromatic hydroxyl groups is 1. The number of pyridine rings is 2. The first-order chi connectivity index (χ1) is 19.7. The average molecular weight is 567 g/mol. The third kappa shape index (κ3) is 7.49. The van der Waals surface area contributed by atoms with Crippen molar-refractivity contribution in [1.29, 1.82) is 0 Å². The monoisotopic (exact) mass is 566 g/mol. The van der Waals surface area contributed by atoms with Gasteiger partial charge in [-0.25, -0.2) is 4.39 Å². The number of aliphatic hydroxyl groups is 1. The van der Waals surface area contributed by atoms with Gasteiger partial charge in [-0.05, 0) is 67.3 Å². The second kappa shape index (κ2) is 13.7. The average Bonchev–Trinajstić information content (AvgIpc) is 3.14. The molecule has 10 heteroatoms. The molecule has 1 aliphatic rings. The number of aryl methyl sites for hydroxylation is 1. The summed E-state index contributed by atoms with van der Waals surface area (Å²) in [6.07, 6.45) is 6.31. The lowest BCUT2D eigenvalue weighted by Gasteiger charge is -2.22. The summed E-state index contributed by atoms with van der Waals surface area (Å²) in [4.78, 5) is 45.8. The van der Waals surface area contributed by atoms with Crippen LogP contribution in [0.5, 0.6) is 5.75 Å². The molecule has 1 aromatic carbocycles. The van der Waals surface area contributed by atoms with Gasteiger partial charge in [-0.1, -0.05) is 32.4 Å². The highest BCUT2D eigenvalue weighted by Gasteiger charge is 2.26. The molecule has 4 rings (SSSR count). The lowest BCUT2D eigenvalue weighted by Crippen LogP contribution is -2.41. The normalized spacial score (nSPS) is 14.9. The Morgan fingerprint density at radius 2 is 1.85 bits per heavy atom. The number of rotatable bonds is 11. The zero-order chi connectivity index (χ0) is 29.5. The molecule has 1 fully saturated rings. The molecule has 2 amide bonds. The zero-order valence-electron chi connectivity index (χ0n) is 23.7. The molecule has 9 nitrogen and oxygen atoms in total. The maximum atomic E-state index is 13.8. The van der Waals surface area contributed by atoms with Gasteiger partial charge in [-0.3, -0.25) is 19.4 Å². The number of nitrogens with one attached hydrogen (secondary N) is 1. The van der Waals surface area contributed by atoms with Gasteiger partial charge in [0.2, 0.25) is 5.91 Å². The van der Waals surface area contributed by atoms with Crippen molar-refractivity contribution < 1.29 is 24.2 Å². The van der Waals surface area contributed by atoms with Crippen LogP contribution in [0, 0.1) is 11.7 Å². The number of aliphatic hydroxyl groups excluding tert-OH is 1. The van der Waals surface area contributed by atoms with Gasteiger partial charge >= 0.3 is 0 Å². The number of hydrogen-bond acceptors (Lipinski definition) is 6. The highest BCUT2D eigenvalue weighted by atomic mass is 19.1. The Morgan fingerprint density at radius 3 is 2.56 bits per heavy atom. The molecule has 3 N–H and O–H groups in total. The number of amides is 2. The van der Waals surface area contributed by atoms with E-state index in [4.69, 9.17) is 0 Å². The Morgan fingerprint density at radius 1 is 1.10 bits per heavy atom. The largest absolute Gasteiger partial charge is 0.505 e. The van der Waals surface area contributed by atoms with Crippen LogP contribution >= 0.6 is 0 Å². The van der Waals surface area contributed by atoms with E-state index in [1.54, 1.807) is 24.4 Å². The Balaban J connectivity index is 1.70. The maximum Gasteiger partial charge on any atom is 0.267 e. The Labute approximate surface area is 239 Å². The number of fused-ring (bicyclic) bond motifs is 1. The van der Waals surface area contributed by atoms with Crippen molar-refractivity contribution in [2.24, 2.45) is 5.92 Å². The number of benzene rings is 1. The van der Waals surface area contributed by atoms with Crippen LogP contribution in [-0.4, -0.2) is 62.2 Å². The number of hydrogen-bond donors (Lipinski definition) is 3. The van der Waals surface area contributed by atoms with Crippen LogP contribution in [0.4, 0.5) is 4.39 Å². The maximum absolute atomic E-state index is 13.8. The van der Waals surface area contributed by atoms with E-state index in [-0.39, 0.29) is 36.3 Å². The minimum atomic E-state index is -0.775. The standard InChI is InChI=1S/C31H39FN4O5/c1-20(2)15-24(19-37)34-30(40)27-29(39)28-25(17-22(18-33-28)16-21-8-10-23(32)11-9-21)36(31(27)41)14-6-13-35-12-5-3-4-7-26(35)38/h8-11,17-18,20,24,37,39H,3-7,12-16,19H2,1-2H3,(H,34,40)/t24-/m1/s1. The molecule has 1 aliphatic heterocycles. The van der Waals surface area contributed by atoms with Crippen LogP contribution in [0.25, 0.3) is 11.0 Å². The Bertz CT molecular complexity index is 1440. The quantitative estimate of drug-likeness (QED) is 0.325. The molecule has 1 atom stereocenters. The summed E-state index contributed by atoms with van der Waals surface area (Å²) in [6.45, 7) is 4.96. The number of likely N-dealkylation sites (tertiary alicyclic amines) is 1. The number of nitrogens with zero attached hydrogens (tertiary/aromatic N) is 3. The lowest BCUT2D eigenvalue weighted by molar-refractivity contribution is -0.130. The van der Waals surface area contributed by atoms with E-state index in [1.807, 2.05) is 18.7 Å². The Kier molecular flexibility index (Phi) is 10.1. The number of halogens is 1. The van der Waals surface area contributed by atoms with Gasteiger partial charge in [0, 0.05) is 32.3 Å². The van der Waals surface area contributed by atoms with E-state index >= 15 is 0 Å². The summed E-state index contributed by atoms with van der Waals surface area (Å²) in [6, 6.07) is 7.26. The molecule has 0 saturated carbocycles. The van der Waals surface area contributed by atoms with Gasteiger partial charge in [0.25, 0.3) is 11.5 Å². The minimum absolute atomic E-state index is 0.105. The van der Waals surface area contributed by atoms with Crippen molar-refractivity contribution in [1.82, 2.24) is 19.8 Å². The molecular formula is C31H39FN4O5. The molecule has 0 spiro atoms. The van der Waals surface area contributed by atoms with E-state index in [9.17, 15) is 29.0 Å². The Hall–Kier alpha value is -3.79. The van der Waals surface area contributed by atoms with Gasteiger partial charge in [-0.15, -0.1) is 0 Å². The summed E-state index contributed by atoms with van der Waals surface area (Å²) < 4.78 is 14.8. The van der Waals surface area contributed by atoms with Gasteiger partial charge in [0.05, 0.1) is 18.2 Å². The molecule has 0 radical (unpaired) electrons. The van der Waals surface area contributed by atoms with Crippen molar-refractivity contribution in [2.45, 2.75) is 71.4 Å². The fourth-order valence-electron chi connectivity index (χ4n) is 5.41. The summed E-state index contributed by atoms with van der Waals surface area (Å²) in [5, 5.41) is 23.5. The summed E-state index contributed by atoms with van der Waals surface area (Å²) in [5.41, 5.74) is 0.969. The van der Waals surface area contributed by atoms with E-state index in [2.05, 4.69) is 10.3 Å². The first-order valence-electron chi connectivity index (χ1n) is 14.4. The van der Waals surface area contributed by atoms with E-state index in [1.165, 1.54) is 16.7 Å². The third-order valence-electron chi connectivity index (χ3n) is 7.48. The highest BCUT2D eigenvalue weighted by Crippen LogP contribution is 2.27. The number of carbonyl (C=O) groups is 2. The predicted molar refractivity (Wildman–Crippen MR) is 154 cm³/mol. The van der Waals surface area contributed by atoms with Gasteiger partial charge in [0.15, 0.2) is 5.75 Å². The van der Waals surface area contributed by atoms with E-state index < -0.39 is 28.8 Å². The van der Waals surface area contributed by atoms with Crippen molar-refractivity contribution in [2.75, 3.05) is 19.7 Å². The fourth-order valence-corrected chi connectivity index (χ4v) is 5.41. The number of aromatic nitrogens is 2. The molecular weight excluding hydrogens is 527 g/mol. The van der Waals surface area contributed by atoms with Crippen LogP contribution < -0.4 is 10.9 Å². The van der Waals surface area contributed by atoms with E-state index in [0.717, 1.165) is 30.4 Å². The summed E-state index contributed by atoms with van der Waals surface area (Å²) in [5.74, 6) is -1.33. The van der Waals surface area contributed by atoms with E-state index in [0.29, 0.717) is 44.3 Å². The van der Waals surface area contributed by atoms with Gasteiger partial charge < -0.3 is 25.0 Å². The SMILES string of the molecule is CC(C)C[C@H](CO)NC(=O)c1c(O)c2ncc(Cc3ccc(F)cc3)cc2n(CCCN2CCCCCC2=O)c1=O. The first kappa shape index (κ1) is 30.2. The highest BCUT2D eigenvalue weighted by molar-refractivity contribution is 6.01. The molecule has 0 bridgehead atoms. The zero-order valence-corrected chi connectivity index (χ0v) is 23.7. The summed E-state index contributed by atoms with van der Waals surface area (Å²) >= 11 is 0. The van der Waals surface area contributed by atoms with Crippen molar-refractivity contribution >= 4 is 22.8 Å². The molecule has 3 heterocycles. The molecule has 0 unspecified atom stereocenters. The smallest absolute Gasteiger partial charge is 0.267 e. The second-order valence-electron chi connectivity index (χ2n) is 11.2. The van der Waals surface area contributed by atoms with Crippen molar-refractivity contribution in [3.8, 4) is 5.75 Å². The molecule has 2 aromatic heterocycles. The van der Waals surface area contributed by atoms with Crippen LogP contribution in [-0.2, 0) is 17.8 Å². The summed E-state index contributed by atoms with van der Waals surface area (Å²) in [7, 11) is 0. The minimum Gasteiger partial charge on any atom is -0.505 e. The first-order valence-corrected chi connectivity index (χ1v) is 14.4. The number of carbonyl (C=O) groups excluding carboxylic acids is 2. The van der Waals surface area contributed by atoms with Crippen LogP contribution in [0.15, 0.2) is 41.3 Å². The van der Waals surface area contributed by atoms with Gasteiger partial charge in [-0.2, -0.15) is 0 Å². The van der Waals surface area contributed by atoms with Crippen LogP contribution in [0.1, 0.15) is 73.9 Å². The molecule has 0 aliphatic carbocycles. The second-order valence-corrected chi connectivity index (χ2v) is 11.2. The van der Waals surface area contributed by atoms with Crippen LogP contribution in [0.2, 0.25) is 0 Å². The lowest BCUT2D eigenvalue weighted by atomic mass is 10.0. The molecule has 220 valence electrons. The molecule has 1 saturated heterocycles.